The van der Waals surface area contributed by atoms with Crippen molar-refractivity contribution in [3.63, 3.8) is 0 Å². The van der Waals surface area contributed by atoms with Crippen molar-refractivity contribution < 1.29 is 9.59 Å². The van der Waals surface area contributed by atoms with E-state index in [9.17, 15) is 9.59 Å². The summed E-state index contributed by atoms with van der Waals surface area (Å²) in [5.74, 6) is -0.0864. The van der Waals surface area contributed by atoms with Crippen LogP contribution in [0.2, 0.25) is 0 Å². The molecule has 24 heavy (non-hydrogen) atoms. The number of imide groups is 1. The van der Waals surface area contributed by atoms with E-state index in [1.54, 1.807) is 11.9 Å². The summed E-state index contributed by atoms with van der Waals surface area (Å²) in [7, 11) is 1.74. The Morgan fingerprint density at radius 3 is 2.38 bits per heavy atom. The molecule has 1 fully saturated rings. The van der Waals surface area contributed by atoms with Gasteiger partial charge in [-0.15, -0.1) is 0 Å². The van der Waals surface area contributed by atoms with Crippen LogP contribution in [0.1, 0.15) is 23.1 Å². The molecule has 0 saturated carbocycles. The molecule has 2 aromatic carbocycles. The molecule has 0 aliphatic carbocycles. The number of hydrogen-bond donors (Lipinski definition) is 0. The normalized spacial score (nSPS) is 16.7. The minimum atomic E-state index is -0.215. The summed E-state index contributed by atoms with van der Waals surface area (Å²) >= 11 is 0. The molecule has 3 amide bonds. The van der Waals surface area contributed by atoms with Crippen molar-refractivity contribution in [2.45, 2.75) is 32.4 Å². The second-order valence-electron chi connectivity index (χ2n) is 6.44. The summed E-state index contributed by atoms with van der Waals surface area (Å²) in [5, 5.41) is 0. The molecule has 0 aromatic heterocycles. The molecule has 0 N–H and O–H groups in total. The molecule has 3 rings (SSSR count). The largest absolute Gasteiger partial charge is 0.327 e. The average molecular weight is 322 g/mol. The Hall–Kier alpha value is -2.62. The van der Waals surface area contributed by atoms with E-state index in [2.05, 4.69) is 0 Å². The van der Waals surface area contributed by atoms with Crippen LogP contribution in [0.5, 0.6) is 0 Å². The number of carbonyl (C=O) groups is 2. The first kappa shape index (κ1) is 16.2. The second kappa shape index (κ2) is 6.87. The Morgan fingerprint density at radius 1 is 1.08 bits per heavy atom. The zero-order chi connectivity index (χ0) is 17.1. The van der Waals surface area contributed by atoms with Crippen molar-refractivity contribution >= 4 is 11.9 Å². The van der Waals surface area contributed by atoms with E-state index in [1.165, 1.54) is 10.5 Å². The van der Waals surface area contributed by atoms with Crippen LogP contribution in [0.3, 0.4) is 0 Å². The zero-order valence-electron chi connectivity index (χ0n) is 14.1. The molecule has 1 atom stereocenters. The molecular formula is C20H22N2O2. The molecule has 0 radical (unpaired) electrons. The van der Waals surface area contributed by atoms with Crippen molar-refractivity contribution in [1.29, 1.82) is 0 Å². The van der Waals surface area contributed by atoms with Gasteiger partial charge in [-0.1, -0.05) is 60.2 Å². The Morgan fingerprint density at radius 2 is 1.75 bits per heavy atom. The fraction of sp³-hybridized carbons (Fsp3) is 0.300. The van der Waals surface area contributed by atoms with Crippen molar-refractivity contribution in [3.05, 3.63) is 71.3 Å². The number of carbonyl (C=O) groups excluding carboxylic acids is 2. The van der Waals surface area contributed by atoms with Gasteiger partial charge in [0.1, 0.15) is 0 Å². The molecule has 4 nitrogen and oxygen atoms in total. The number of benzene rings is 2. The van der Waals surface area contributed by atoms with Crippen molar-refractivity contribution in [1.82, 2.24) is 9.80 Å². The smallest absolute Gasteiger partial charge is 0.323 e. The number of β-lactam (4-membered cyclic amide) rings is 1. The summed E-state index contributed by atoms with van der Waals surface area (Å²) in [4.78, 5) is 27.6. The molecule has 0 bridgehead atoms. The predicted molar refractivity (Wildman–Crippen MR) is 93.4 cm³/mol. The first-order chi connectivity index (χ1) is 11.5. The Kier molecular flexibility index (Phi) is 4.65. The molecule has 124 valence electrons. The Bertz CT molecular complexity index is 725. The fourth-order valence-electron chi connectivity index (χ4n) is 3.01. The molecular weight excluding hydrogens is 300 g/mol. The van der Waals surface area contributed by atoms with Gasteiger partial charge in [0.2, 0.25) is 5.91 Å². The minimum Gasteiger partial charge on any atom is -0.323 e. The van der Waals surface area contributed by atoms with E-state index in [0.29, 0.717) is 13.0 Å². The summed E-state index contributed by atoms with van der Waals surface area (Å²) in [6.45, 7) is 2.53. The molecule has 4 heteroatoms. The van der Waals surface area contributed by atoms with E-state index in [1.807, 2.05) is 61.5 Å². The zero-order valence-corrected chi connectivity index (χ0v) is 14.1. The third-order valence-electron chi connectivity index (χ3n) is 4.43. The summed E-state index contributed by atoms with van der Waals surface area (Å²) in [6, 6.07) is 17.8. The van der Waals surface area contributed by atoms with E-state index in [4.69, 9.17) is 0 Å². The first-order valence-corrected chi connectivity index (χ1v) is 8.21. The number of amides is 3. The summed E-state index contributed by atoms with van der Waals surface area (Å²) in [6.07, 6.45) is 1.16. The van der Waals surface area contributed by atoms with Crippen LogP contribution in [-0.2, 0) is 17.8 Å². The number of hydrogen-bond acceptors (Lipinski definition) is 2. The predicted octanol–water partition coefficient (Wildman–Crippen LogP) is 3.39. The van der Waals surface area contributed by atoms with E-state index < -0.39 is 0 Å². The molecule has 1 heterocycles. The van der Waals surface area contributed by atoms with Crippen LogP contribution in [-0.4, -0.2) is 34.8 Å². The summed E-state index contributed by atoms with van der Waals surface area (Å²) < 4.78 is 0. The van der Waals surface area contributed by atoms with Gasteiger partial charge in [-0.2, -0.15) is 0 Å². The number of rotatable bonds is 4. The second-order valence-corrected chi connectivity index (χ2v) is 6.44. The molecule has 0 unspecified atom stereocenters. The highest BCUT2D eigenvalue weighted by atomic mass is 16.2. The number of urea groups is 1. The average Bonchev–Trinajstić information content (AvgIpc) is 2.57. The van der Waals surface area contributed by atoms with Gasteiger partial charge in [0.15, 0.2) is 0 Å². The number of likely N-dealkylation sites (tertiary alicyclic amines) is 1. The fourth-order valence-corrected chi connectivity index (χ4v) is 3.01. The van der Waals surface area contributed by atoms with Gasteiger partial charge in [-0.05, 0) is 24.5 Å². The summed E-state index contributed by atoms with van der Waals surface area (Å²) in [5.41, 5.74) is 3.39. The molecule has 1 saturated heterocycles. The maximum Gasteiger partial charge on any atom is 0.327 e. The topological polar surface area (TPSA) is 40.6 Å². The van der Waals surface area contributed by atoms with E-state index in [-0.39, 0.29) is 18.0 Å². The van der Waals surface area contributed by atoms with Crippen LogP contribution in [0.15, 0.2) is 54.6 Å². The van der Waals surface area contributed by atoms with Crippen LogP contribution in [0, 0.1) is 6.92 Å². The van der Waals surface area contributed by atoms with Gasteiger partial charge in [-0.25, -0.2) is 4.79 Å². The highest BCUT2D eigenvalue weighted by Gasteiger charge is 2.41. The lowest BCUT2D eigenvalue weighted by Gasteiger charge is -2.40. The lowest BCUT2D eigenvalue weighted by atomic mass is 9.95. The van der Waals surface area contributed by atoms with Gasteiger partial charge < -0.3 is 4.90 Å². The van der Waals surface area contributed by atoms with E-state index in [0.717, 1.165) is 17.5 Å². The van der Waals surface area contributed by atoms with Crippen LogP contribution < -0.4 is 0 Å². The third-order valence-corrected chi connectivity index (χ3v) is 4.43. The lowest BCUT2D eigenvalue weighted by Crippen LogP contribution is -2.59. The maximum atomic E-state index is 12.6. The van der Waals surface area contributed by atoms with Crippen molar-refractivity contribution in [2.24, 2.45) is 0 Å². The highest BCUT2D eigenvalue weighted by molar-refractivity contribution is 5.99. The molecule has 2 aromatic rings. The van der Waals surface area contributed by atoms with Crippen LogP contribution in [0.25, 0.3) is 0 Å². The number of aryl methyl sites for hydroxylation is 1. The molecule has 1 aliphatic rings. The third kappa shape index (κ3) is 3.48. The molecule has 0 spiro atoms. The highest BCUT2D eigenvalue weighted by Crippen LogP contribution is 2.25. The SMILES string of the molecule is Cc1ccc(CN(C)C(=O)N2C(=O)C[C@@H]2Cc2ccccc2)cc1. The van der Waals surface area contributed by atoms with Crippen molar-refractivity contribution in [3.8, 4) is 0 Å². The van der Waals surface area contributed by atoms with Crippen molar-refractivity contribution in [2.75, 3.05) is 7.05 Å². The van der Waals surface area contributed by atoms with E-state index >= 15 is 0 Å². The van der Waals surface area contributed by atoms with Gasteiger partial charge >= 0.3 is 6.03 Å². The molecule has 1 aliphatic heterocycles. The quantitative estimate of drug-likeness (QED) is 0.810. The first-order valence-electron chi connectivity index (χ1n) is 8.21. The van der Waals surface area contributed by atoms with Crippen LogP contribution >= 0.6 is 0 Å². The Balaban J connectivity index is 1.64. The standard InChI is InChI=1S/C20H22N2O2/c1-15-8-10-17(11-9-15)14-21(2)20(24)22-18(13-19(22)23)12-16-6-4-3-5-7-16/h3-11,18H,12-14H2,1-2H3/t18-/m0/s1. The Labute approximate surface area is 142 Å². The lowest BCUT2D eigenvalue weighted by molar-refractivity contribution is -0.141. The monoisotopic (exact) mass is 322 g/mol. The van der Waals surface area contributed by atoms with Crippen LogP contribution in [0.4, 0.5) is 4.79 Å². The van der Waals surface area contributed by atoms with Gasteiger partial charge in [0, 0.05) is 20.0 Å². The maximum absolute atomic E-state index is 12.6. The van der Waals surface area contributed by atoms with Gasteiger partial charge in [0.05, 0.1) is 6.04 Å². The van der Waals surface area contributed by atoms with Gasteiger partial charge in [-0.3, -0.25) is 9.69 Å². The minimum absolute atomic E-state index is 0.0344. The number of nitrogens with zero attached hydrogens (tertiary/aromatic N) is 2. The van der Waals surface area contributed by atoms with Gasteiger partial charge in [0.25, 0.3) is 0 Å².